The molecule has 0 aliphatic carbocycles. The van der Waals surface area contributed by atoms with Crippen LogP contribution in [-0.2, 0) is 4.74 Å². The number of hydrogen-bond donors (Lipinski definition) is 0. The zero-order valence-electron chi connectivity index (χ0n) is 15.2. The summed E-state index contributed by atoms with van der Waals surface area (Å²) in [6.07, 6.45) is 0. The van der Waals surface area contributed by atoms with E-state index in [2.05, 4.69) is 14.8 Å². The Morgan fingerprint density at radius 2 is 1.75 bits per heavy atom. The Hall–Kier alpha value is -3.00. The van der Waals surface area contributed by atoms with Gasteiger partial charge in [-0.05, 0) is 42.5 Å². The molecule has 0 unspecified atom stereocenters. The van der Waals surface area contributed by atoms with Gasteiger partial charge < -0.3 is 14.5 Å². The molecule has 3 aromatic rings. The lowest BCUT2D eigenvalue weighted by Gasteiger charge is -2.36. The van der Waals surface area contributed by atoms with Gasteiger partial charge in [-0.2, -0.15) is 0 Å². The Morgan fingerprint density at radius 3 is 2.43 bits per heavy atom. The lowest BCUT2D eigenvalue weighted by molar-refractivity contribution is 0.0601. The Labute approximate surface area is 164 Å². The molecule has 28 heavy (non-hydrogen) atoms. The summed E-state index contributed by atoms with van der Waals surface area (Å²) < 4.78 is 17.8. The van der Waals surface area contributed by atoms with Crippen molar-refractivity contribution in [3.63, 3.8) is 0 Å². The summed E-state index contributed by atoms with van der Waals surface area (Å²) in [5.41, 5.74) is 1.83. The number of carbonyl (C=O) groups is 1. The molecule has 0 spiro atoms. The van der Waals surface area contributed by atoms with Gasteiger partial charge in [0.2, 0.25) is 4.74 Å². The Morgan fingerprint density at radius 1 is 1.07 bits per heavy atom. The molecule has 0 atom stereocenters. The molecule has 1 saturated heterocycles. The average Bonchev–Trinajstić information content (AvgIpc) is 2.73. The topological polar surface area (TPSA) is 62.7 Å². The van der Waals surface area contributed by atoms with E-state index < -0.39 is 5.97 Å². The van der Waals surface area contributed by atoms with Crippen LogP contribution in [-0.4, -0.2) is 44.2 Å². The van der Waals surface area contributed by atoms with Gasteiger partial charge in [0.15, 0.2) is 5.13 Å². The molecule has 0 saturated carbocycles. The third kappa shape index (κ3) is 3.55. The molecule has 0 N–H and O–H groups in total. The highest BCUT2D eigenvalue weighted by Gasteiger charge is 2.20. The van der Waals surface area contributed by atoms with Crippen LogP contribution in [0.4, 0.5) is 15.2 Å². The predicted octanol–water partition coefficient (Wildman–Crippen LogP) is 2.91. The van der Waals surface area contributed by atoms with E-state index in [4.69, 9.17) is 4.74 Å². The van der Waals surface area contributed by atoms with Gasteiger partial charge in [-0.15, -0.1) is 0 Å². The minimum Gasteiger partial charge on any atom is -0.465 e. The van der Waals surface area contributed by atoms with Gasteiger partial charge in [-0.25, -0.2) is 14.2 Å². The number of carbonyl (C=O) groups excluding carboxylic acids is 1. The zero-order chi connectivity index (χ0) is 19.7. The van der Waals surface area contributed by atoms with E-state index in [1.807, 2.05) is 0 Å². The standard InChI is InChI=1S/C20H18FN3O3S/c1-27-18(25)13-2-7-16-17(12-13)22-20(28-19(16)26)24-10-8-23(9-11-24)15-5-3-14(21)4-6-15/h2-7,12H,8-11H2,1H3. The van der Waals surface area contributed by atoms with Crippen LogP contribution in [0.1, 0.15) is 10.4 Å². The summed E-state index contributed by atoms with van der Waals surface area (Å²) in [4.78, 5) is 33.1. The molecule has 2 aromatic carbocycles. The minimum absolute atomic E-state index is 0.0858. The van der Waals surface area contributed by atoms with Crippen LogP contribution in [0, 0.1) is 5.82 Å². The van der Waals surface area contributed by atoms with Crippen molar-refractivity contribution < 1.29 is 13.9 Å². The highest BCUT2D eigenvalue weighted by atomic mass is 32.1. The van der Waals surface area contributed by atoms with E-state index in [9.17, 15) is 14.0 Å². The highest BCUT2D eigenvalue weighted by molar-refractivity contribution is 7.13. The van der Waals surface area contributed by atoms with E-state index in [1.54, 1.807) is 30.3 Å². The summed E-state index contributed by atoms with van der Waals surface area (Å²) in [5.74, 6) is -0.711. The molecule has 0 amide bonds. The van der Waals surface area contributed by atoms with Gasteiger partial charge in [0.25, 0.3) is 0 Å². The fraction of sp³-hybridized carbons (Fsp3) is 0.250. The van der Waals surface area contributed by atoms with E-state index in [-0.39, 0.29) is 10.6 Å². The fourth-order valence-electron chi connectivity index (χ4n) is 3.25. The van der Waals surface area contributed by atoms with E-state index in [0.717, 1.165) is 30.1 Å². The quantitative estimate of drug-likeness (QED) is 0.631. The van der Waals surface area contributed by atoms with Crippen molar-refractivity contribution >= 4 is 39.0 Å². The predicted molar refractivity (Wildman–Crippen MR) is 108 cm³/mol. The number of fused-ring (bicyclic) bond motifs is 1. The van der Waals surface area contributed by atoms with Crippen molar-refractivity contribution in [2.75, 3.05) is 43.1 Å². The van der Waals surface area contributed by atoms with Crippen LogP contribution in [0.5, 0.6) is 0 Å². The van der Waals surface area contributed by atoms with Gasteiger partial charge in [0.05, 0.1) is 23.6 Å². The molecule has 1 aliphatic rings. The van der Waals surface area contributed by atoms with Crippen LogP contribution in [0.3, 0.4) is 0 Å². The molecule has 4 rings (SSSR count). The average molecular weight is 399 g/mol. The number of esters is 1. The lowest BCUT2D eigenvalue weighted by Crippen LogP contribution is -2.46. The molecule has 0 radical (unpaired) electrons. The highest BCUT2D eigenvalue weighted by Crippen LogP contribution is 2.23. The van der Waals surface area contributed by atoms with Gasteiger partial charge >= 0.3 is 5.97 Å². The molecule has 1 aliphatic heterocycles. The van der Waals surface area contributed by atoms with Gasteiger partial charge in [0, 0.05) is 31.9 Å². The van der Waals surface area contributed by atoms with Crippen LogP contribution in [0.25, 0.3) is 10.9 Å². The largest absolute Gasteiger partial charge is 0.465 e. The van der Waals surface area contributed by atoms with Crippen LogP contribution in [0.15, 0.2) is 47.3 Å². The van der Waals surface area contributed by atoms with Crippen molar-refractivity contribution in [2.45, 2.75) is 0 Å². The first-order chi connectivity index (χ1) is 13.5. The van der Waals surface area contributed by atoms with Gasteiger partial charge in [0.1, 0.15) is 5.82 Å². The number of aromatic nitrogens is 1. The number of benzene rings is 2. The maximum absolute atomic E-state index is 13.1. The molecular weight excluding hydrogens is 381 g/mol. The lowest BCUT2D eigenvalue weighted by atomic mass is 10.1. The van der Waals surface area contributed by atoms with Crippen molar-refractivity contribution in [2.24, 2.45) is 0 Å². The summed E-state index contributed by atoms with van der Waals surface area (Å²) in [6.45, 7) is 2.88. The number of ether oxygens (including phenoxy) is 1. The first-order valence-corrected chi connectivity index (χ1v) is 9.65. The summed E-state index contributed by atoms with van der Waals surface area (Å²) in [5, 5.41) is 1.13. The normalized spacial score (nSPS) is 14.4. The first-order valence-electron chi connectivity index (χ1n) is 8.84. The van der Waals surface area contributed by atoms with E-state index in [1.165, 1.54) is 19.2 Å². The molecule has 8 heteroatoms. The maximum atomic E-state index is 13.1. The zero-order valence-corrected chi connectivity index (χ0v) is 16.0. The second-order valence-corrected chi connectivity index (χ2v) is 7.40. The van der Waals surface area contributed by atoms with Crippen LogP contribution < -0.4 is 14.5 Å². The number of halogens is 1. The minimum atomic E-state index is -0.460. The third-order valence-corrected chi connectivity index (χ3v) is 5.72. The smallest absolute Gasteiger partial charge is 0.337 e. The van der Waals surface area contributed by atoms with Crippen molar-refractivity contribution in [1.82, 2.24) is 4.98 Å². The summed E-state index contributed by atoms with van der Waals surface area (Å²) in [7, 11) is 1.32. The van der Waals surface area contributed by atoms with E-state index >= 15 is 0 Å². The number of piperazine rings is 1. The van der Waals surface area contributed by atoms with Crippen molar-refractivity contribution in [3.05, 3.63) is 63.4 Å². The number of methoxy groups -OCH3 is 1. The second-order valence-electron chi connectivity index (χ2n) is 6.46. The Kier molecular flexibility index (Phi) is 4.95. The van der Waals surface area contributed by atoms with E-state index in [0.29, 0.717) is 34.7 Å². The second kappa shape index (κ2) is 7.55. The third-order valence-electron chi connectivity index (χ3n) is 4.78. The fourth-order valence-corrected chi connectivity index (χ4v) is 4.15. The monoisotopic (exact) mass is 399 g/mol. The van der Waals surface area contributed by atoms with Gasteiger partial charge in [-0.1, -0.05) is 11.3 Å². The molecular formula is C20H18FN3O3S. The number of hydrogen-bond acceptors (Lipinski definition) is 7. The summed E-state index contributed by atoms with van der Waals surface area (Å²) in [6, 6.07) is 11.2. The Bertz CT molecular complexity index is 1080. The first kappa shape index (κ1) is 18.4. The molecule has 2 heterocycles. The SMILES string of the molecule is COC(=O)c1ccc2c(=O)sc(N3CCN(c4ccc(F)cc4)CC3)nc2c1. The molecule has 1 fully saturated rings. The molecule has 1 aromatic heterocycles. The Balaban J connectivity index is 1.56. The van der Waals surface area contributed by atoms with Crippen LogP contribution in [0.2, 0.25) is 0 Å². The number of anilines is 2. The number of nitrogens with zero attached hydrogens (tertiary/aromatic N) is 3. The molecule has 0 bridgehead atoms. The van der Waals surface area contributed by atoms with Crippen molar-refractivity contribution in [3.8, 4) is 0 Å². The van der Waals surface area contributed by atoms with Crippen LogP contribution >= 0.6 is 11.3 Å². The summed E-state index contributed by atoms with van der Waals surface area (Å²) >= 11 is 1.11. The molecule has 144 valence electrons. The molecule has 6 nitrogen and oxygen atoms in total. The van der Waals surface area contributed by atoms with Crippen molar-refractivity contribution in [1.29, 1.82) is 0 Å². The number of rotatable bonds is 3. The van der Waals surface area contributed by atoms with Gasteiger partial charge in [-0.3, -0.25) is 4.79 Å². The maximum Gasteiger partial charge on any atom is 0.337 e.